The van der Waals surface area contributed by atoms with E-state index in [9.17, 15) is 14.7 Å². The number of hydrogen-bond donors (Lipinski definition) is 3. The predicted molar refractivity (Wildman–Crippen MR) is 172 cm³/mol. The Bertz CT molecular complexity index is 1420. The molecule has 2 aliphatic rings. The van der Waals surface area contributed by atoms with Gasteiger partial charge in [0, 0.05) is 30.3 Å². The van der Waals surface area contributed by atoms with Gasteiger partial charge < -0.3 is 30.0 Å². The summed E-state index contributed by atoms with van der Waals surface area (Å²) in [5.74, 6) is -0.233. The highest BCUT2D eigenvalue weighted by atomic mass is 16.7. The Balaban J connectivity index is 1.34. The van der Waals surface area contributed by atoms with Crippen molar-refractivity contribution in [2.24, 2.45) is 5.92 Å². The minimum atomic E-state index is -0.703. The van der Waals surface area contributed by atoms with Gasteiger partial charge >= 0.3 is 12.0 Å². The van der Waals surface area contributed by atoms with Crippen molar-refractivity contribution in [3.63, 3.8) is 0 Å². The summed E-state index contributed by atoms with van der Waals surface area (Å²) in [5.41, 5.74) is 3.66. The third-order valence-electron chi connectivity index (χ3n) is 8.29. The first-order chi connectivity index (χ1) is 21.6. The lowest BCUT2D eigenvalue weighted by Gasteiger charge is -2.43. The quantitative estimate of drug-likeness (QED) is 0.250. The lowest BCUT2D eigenvalue weighted by molar-refractivity contribution is -0.276. The van der Waals surface area contributed by atoms with Crippen LogP contribution in [0.3, 0.4) is 0 Å². The van der Waals surface area contributed by atoms with Crippen LogP contribution >= 0.6 is 0 Å². The summed E-state index contributed by atoms with van der Waals surface area (Å²) in [7, 11) is 0. The summed E-state index contributed by atoms with van der Waals surface area (Å²) in [6.45, 7) is 9.50. The van der Waals surface area contributed by atoms with Crippen LogP contribution in [-0.2, 0) is 32.2 Å². The molecular weight excluding hydrogens is 570 g/mol. The number of aliphatic hydroxyl groups excluding tert-OH is 1. The fourth-order valence-electron chi connectivity index (χ4n) is 5.96. The first-order valence-corrected chi connectivity index (χ1v) is 15.8. The standard InChI is InChI=1S/C36H45N3O6/c1-24-31(22-39-19-9-14-30(39)33(41)45-36(2,3)4)43-34(44-32(24)27-17-15-26(23-40)16-18-27)28-12-8-13-29(20-28)38-35(42)37-21-25-10-6-5-7-11-25/h5-8,10-13,15-18,20,24,30-32,34,40H,9,14,19,21-23H2,1-4H3,(H2,37,38,42)/t24-,30-,31+,32+,34+/m0/s1. The fraction of sp³-hybridized carbons (Fsp3) is 0.444. The lowest BCUT2D eigenvalue weighted by Crippen LogP contribution is -2.48. The zero-order chi connectivity index (χ0) is 32.0. The van der Waals surface area contributed by atoms with Gasteiger partial charge in [0.1, 0.15) is 11.6 Å². The second-order valence-electron chi connectivity index (χ2n) is 12.9. The molecule has 0 radical (unpaired) electrons. The number of anilines is 1. The number of amides is 2. The normalized spacial score (nSPS) is 23.8. The SMILES string of the molecule is C[C@H]1[C@@H](CN2CCC[C@H]2C(=O)OC(C)(C)C)O[C@@H](c2cccc(NC(=O)NCc3ccccc3)c2)O[C@H]1c1ccc(CO)cc1. The Morgan fingerprint density at radius 3 is 2.42 bits per heavy atom. The van der Waals surface area contributed by atoms with Crippen LogP contribution in [0, 0.1) is 5.92 Å². The number of hydrogen-bond acceptors (Lipinski definition) is 7. The lowest BCUT2D eigenvalue weighted by atomic mass is 9.90. The van der Waals surface area contributed by atoms with Crippen LogP contribution in [0.1, 0.15) is 75.2 Å². The number of rotatable bonds is 9. The first kappa shape index (κ1) is 32.6. The van der Waals surface area contributed by atoms with Crippen LogP contribution in [0.25, 0.3) is 0 Å². The van der Waals surface area contributed by atoms with E-state index in [1.165, 1.54) is 0 Å². The van der Waals surface area contributed by atoms with Crippen LogP contribution in [0.4, 0.5) is 10.5 Å². The Hall–Kier alpha value is -3.76. The number of esters is 1. The van der Waals surface area contributed by atoms with E-state index >= 15 is 0 Å². The maximum Gasteiger partial charge on any atom is 0.323 e. The third-order valence-corrected chi connectivity index (χ3v) is 8.29. The molecule has 0 aromatic heterocycles. The number of likely N-dealkylation sites (tertiary alicyclic amines) is 1. The van der Waals surface area contributed by atoms with Crippen molar-refractivity contribution in [1.29, 1.82) is 0 Å². The van der Waals surface area contributed by atoms with E-state index in [2.05, 4.69) is 22.5 Å². The molecule has 9 heteroatoms. The van der Waals surface area contributed by atoms with Gasteiger partial charge in [-0.2, -0.15) is 0 Å². The highest BCUT2D eigenvalue weighted by Crippen LogP contribution is 2.42. The van der Waals surface area contributed by atoms with Gasteiger partial charge in [-0.3, -0.25) is 9.69 Å². The molecular formula is C36H45N3O6. The maximum atomic E-state index is 13.1. The molecule has 0 bridgehead atoms. The summed E-state index contributed by atoms with van der Waals surface area (Å²) in [4.78, 5) is 27.9. The van der Waals surface area contributed by atoms with Gasteiger partial charge in [-0.1, -0.05) is 73.7 Å². The molecule has 2 heterocycles. The zero-order valence-electron chi connectivity index (χ0n) is 26.6. The fourth-order valence-corrected chi connectivity index (χ4v) is 5.96. The van der Waals surface area contributed by atoms with Gasteiger partial charge in [0.2, 0.25) is 0 Å². The van der Waals surface area contributed by atoms with Gasteiger partial charge in [0.25, 0.3) is 0 Å². The van der Waals surface area contributed by atoms with E-state index < -0.39 is 11.9 Å². The molecule has 5 atom stereocenters. The second kappa shape index (κ2) is 14.6. The molecule has 240 valence electrons. The average Bonchev–Trinajstić information content (AvgIpc) is 3.49. The summed E-state index contributed by atoms with van der Waals surface area (Å²) < 4.78 is 19.0. The van der Waals surface area contributed by atoms with E-state index in [0.29, 0.717) is 18.8 Å². The maximum absolute atomic E-state index is 13.1. The topological polar surface area (TPSA) is 109 Å². The molecule has 0 unspecified atom stereocenters. The third kappa shape index (κ3) is 8.70. The van der Waals surface area contributed by atoms with Crippen molar-refractivity contribution < 1.29 is 28.9 Å². The number of ether oxygens (including phenoxy) is 3. The number of aliphatic hydroxyl groups is 1. The second-order valence-corrected chi connectivity index (χ2v) is 12.9. The van der Waals surface area contributed by atoms with Gasteiger partial charge in [-0.15, -0.1) is 0 Å². The zero-order valence-corrected chi connectivity index (χ0v) is 26.6. The monoisotopic (exact) mass is 615 g/mol. The van der Waals surface area contributed by atoms with Crippen molar-refractivity contribution >= 4 is 17.7 Å². The minimum absolute atomic E-state index is 0.0323. The van der Waals surface area contributed by atoms with Crippen molar-refractivity contribution in [2.45, 2.75) is 83.8 Å². The molecule has 2 aliphatic heterocycles. The molecule has 3 aromatic rings. The van der Waals surface area contributed by atoms with Crippen molar-refractivity contribution in [3.8, 4) is 0 Å². The van der Waals surface area contributed by atoms with Gasteiger partial charge in [0.05, 0.1) is 18.8 Å². The molecule has 45 heavy (non-hydrogen) atoms. The summed E-state index contributed by atoms with van der Waals surface area (Å²) in [6.07, 6.45) is 0.416. The number of carbonyl (C=O) groups excluding carboxylic acids is 2. The molecule has 3 aromatic carbocycles. The van der Waals surface area contributed by atoms with Gasteiger partial charge in [0.15, 0.2) is 6.29 Å². The summed E-state index contributed by atoms with van der Waals surface area (Å²) >= 11 is 0. The Labute approximate surface area is 265 Å². The smallest absolute Gasteiger partial charge is 0.323 e. The van der Waals surface area contributed by atoms with Crippen LogP contribution in [0.2, 0.25) is 0 Å². The van der Waals surface area contributed by atoms with E-state index in [0.717, 1.165) is 41.6 Å². The van der Waals surface area contributed by atoms with Crippen LogP contribution in [0.15, 0.2) is 78.9 Å². The average molecular weight is 616 g/mol. The molecule has 0 saturated carbocycles. The van der Waals surface area contributed by atoms with E-state index in [1.807, 2.05) is 99.6 Å². The van der Waals surface area contributed by atoms with Crippen LogP contribution < -0.4 is 10.6 Å². The number of nitrogens with one attached hydrogen (secondary N) is 2. The van der Waals surface area contributed by atoms with Crippen molar-refractivity contribution in [1.82, 2.24) is 10.2 Å². The minimum Gasteiger partial charge on any atom is -0.459 e. The molecule has 2 fully saturated rings. The molecule has 0 aliphatic carbocycles. The highest BCUT2D eigenvalue weighted by molar-refractivity contribution is 5.89. The first-order valence-electron chi connectivity index (χ1n) is 15.8. The van der Waals surface area contributed by atoms with E-state index in [1.54, 1.807) is 0 Å². The van der Waals surface area contributed by atoms with Crippen molar-refractivity contribution in [3.05, 3.63) is 101 Å². The Morgan fingerprint density at radius 1 is 0.956 bits per heavy atom. The van der Waals surface area contributed by atoms with Gasteiger partial charge in [-0.25, -0.2) is 4.79 Å². The molecule has 2 amide bonds. The highest BCUT2D eigenvalue weighted by Gasteiger charge is 2.42. The Kier molecular flexibility index (Phi) is 10.6. The van der Waals surface area contributed by atoms with Crippen LogP contribution in [0.5, 0.6) is 0 Å². The summed E-state index contributed by atoms with van der Waals surface area (Å²) in [5, 5.41) is 15.4. The number of benzene rings is 3. The van der Waals surface area contributed by atoms with Crippen molar-refractivity contribution in [2.75, 3.05) is 18.4 Å². The number of nitrogens with zero attached hydrogens (tertiary/aromatic N) is 1. The molecule has 0 spiro atoms. The predicted octanol–water partition coefficient (Wildman–Crippen LogP) is 6.10. The molecule has 5 rings (SSSR count). The molecule has 2 saturated heterocycles. The summed E-state index contributed by atoms with van der Waals surface area (Å²) in [6, 6.07) is 24.4. The number of urea groups is 1. The van der Waals surface area contributed by atoms with Crippen LogP contribution in [-0.4, -0.2) is 52.8 Å². The van der Waals surface area contributed by atoms with Gasteiger partial charge in [-0.05, 0) is 69.0 Å². The Morgan fingerprint density at radius 2 is 1.71 bits per heavy atom. The molecule has 9 nitrogen and oxygen atoms in total. The number of carbonyl (C=O) groups is 2. The largest absolute Gasteiger partial charge is 0.459 e. The molecule has 3 N–H and O–H groups in total. The van der Waals surface area contributed by atoms with E-state index in [-0.39, 0.29) is 42.8 Å². The van der Waals surface area contributed by atoms with E-state index in [4.69, 9.17) is 14.2 Å².